The lowest BCUT2D eigenvalue weighted by atomic mass is 9.80. The van der Waals surface area contributed by atoms with Crippen LogP contribution in [-0.2, 0) is 5.41 Å². The third-order valence-electron chi connectivity index (χ3n) is 4.45. The molecule has 0 aliphatic heterocycles. The predicted octanol–water partition coefficient (Wildman–Crippen LogP) is 5.30. The standard InChI is InChI=1S/C17H17Cl2NOS/c18-13-3-4-15(19)14(9-13)16(21)20-11-17(6-1-2-7-17)12-5-8-22-10-12/h3-5,8-10H,1-2,6-7,11H2,(H,20,21). The third-order valence-corrected chi connectivity index (χ3v) is 5.70. The highest BCUT2D eigenvalue weighted by Crippen LogP contribution is 2.41. The second-order valence-corrected chi connectivity index (χ2v) is 7.43. The molecule has 1 heterocycles. The molecule has 1 aliphatic rings. The molecule has 0 bridgehead atoms. The maximum atomic E-state index is 12.4. The number of hydrogen-bond donors (Lipinski definition) is 1. The van der Waals surface area contributed by atoms with E-state index >= 15 is 0 Å². The molecule has 0 unspecified atom stereocenters. The number of halogens is 2. The summed E-state index contributed by atoms with van der Waals surface area (Å²) in [5.74, 6) is -0.158. The van der Waals surface area contributed by atoms with E-state index in [0.717, 1.165) is 12.8 Å². The highest BCUT2D eigenvalue weighted by molar-refractivity contribution is 7.08. The Balaban J connectivity index is 1.76. The van der Waals surface area contributed by atoms with Crippen molar-refractivity contribution in [3.8, 4) is 0 Å². The number of nitrogens with one attached hydrogen (secondary N) is 1. The van der Waals surface area contributed by atoms with Crippen LogP contribution >= 0.6 is 34.5 Å². The van der Waals surface area contributed by atoms with E-state index in [1.165, 1.54) is 18.4 Å². The molecular weight excluding hydrogens is 337 g/mol. The number of hydrogen-bond acceptors (Lipinski definition) is 2. The Morgan fingerprint density at radius 1 is 1.23 bits per heavy atom. The fourth-order valence-corrected chi connectivity index (χ4v) is 4.36. The molecule has 0 spiro atoms. The summed E-state index contributed by atoms with van der Waals surface area (Å²) < 4.78 is 0. The molecule has 0 radical (unpaired) electrons. The molecule has 0 saturated heterocycles. The minimum Gasteiger partial charge on any atom is -0.351 e. The Morgan fingerprint density at radius 3 is 2.68 bits per heavy atom. The first kappa shape index (κ1) is 15.9. The van der Waals surface area contributed by atoms with Crippen molar-refractivity contribution in [2.75, 3.05) is 6.54 Å². The number of thiophene rings is 1. The second-order valence-electron chi connectivity index (χ2n) is 5.81. The van der Waals surface area contributed by atoms with E-state index in [4.69, 9.17) is 23.2 Å². The zero-order valence-corrected chi connectivity index (χ0v) is 14.4. The van der Waals surface area contributed by atoms with Crippen LogP contribution in [0.25, 0.3) is 0 Å². The first-order valence-corrected chi connectivity index (χ1v) is 9.07. The highest BCUT2D eigenvalue weighted by Gasteiger charge is 2.36. The van der Waals surface area contributed by atoms with Crippen molar-refractivity contribution in [3.05, 3.63) is 56.2 Å². The molecule has 3 rings (SSSR count). The Labute approximate surface area is 144 Å². The Bertz CT molecular complexity index is 663. The first-order valence-electron chi connectivity index (χ1n) is 7.37. The van der Waals surface area contributed by atoms with E-state index in [0.29, 0.717) is 22.2 Å². The van der Waals surface area contributed by atoms with Crippen LogP contribution in [0.4, 0.5) is 0 Å². The largest absolute Gasteiger partial charge is 0.351 e. The zero-order chi connectivity index (χ0) is 15.6. The fraction of sp³-hybridized carbons (Fsp3) is 0.353. The topological polar surface area (TPSA) is 29.1 Å². The van der Waals surface area contributed by atoms with Crippen molar-refractivity contribution in [2.45, 2.75) is 31.1 Å². The number of carbonyl (C=O) groups is 1. The van der Waals surface area contributed by atoms with Crippen LogP contribution in [0.2, 0.25) is 10.0 Å². The Hall–Kier alpha value is -1.03. The van der Waals surface area contributed by atoms with Gasteiger partial charge in [-0.15, -0.1) is 0 Å². The molecule has 2 nitrogen and oxygen atoms in total. The van der Waals surface area contributed by atoms with Crippen molar-refractivity contribution in [1.82, 2.24) is 5.32 Å². The van der Waals surface area contributed by atoms with Crippen molar-refractivity contribution >= 4 is 40.4 Å². The van der Waals surface area contributed by atoms with Crippen LogP contribution in [0.1, 0.15) is 41.6 Å². The maximum absolute atomic E-state index is 12.4. The van der Waals surface area contributed by atoms with Crippen LogP contribution in [0.5, 0.6) is 0 Å². The van der Waals surface area contributed by atoms with Crippen LogP contribution < -0.4 is 5.32 Å². The number of amides is 1. The molecule has 1 aliphatic carbocycles. The number of carbonyl (C=O) groups excluding carboxylic acids is 1. The quantitative estimate of drug-likeness (QED) is 0.793. The average molecular weight is 354 g/mol. The van der Waals surface area contributed by atoms with E-state index in [2.05, 4.69) is 22.1 Å². The van der Waals surface area contributed by atoms with Gasteiger partial charge in [0, 0.05) is 17.0 Å². The van der Waals surface area contributed by atoms with Gasteiger partial charge in [-0.1, -0.05) is 36.0 Å². The monoisotopic (exact) mass is 353 g/mol. The molecule has 1 aromatic carbocycles. The lowest BCUT2D eigenvalue weighted by molar-refractivity contribution is 0.0943. The van der Waals surface area contributed by atoms with Gasteiger partial charge in [-0.3, -0.25) is 4.79 Å². The van der Waals surface area contributed by atoms with Gasteiger partial charge in [-0.05, 0) is 53.4 Å². The summed E-state index contributed by atoms with van der Waals surface area (Å²) in [6, 6.07) is 7.13. The van der Waals surface area contributed by atoms with Gasteiger partial charge in [0.1, 0.15) is 0 Å². The summed E-state index contributed by atoms with van der Waals surface area (Å²) in [4.78, 5) is 12.4. The minimum absolute atomic E-state index is 0.0701. The molecule has 116 valence electrons. The second kappa shape index (κ2) is 6.61. The van der Waals surface area contributed by atoms with Crippen LogP contribution in [0.3, 0.4) is 0 Å². The Morgan fingerprint density at radius 2 is 2.00 bits per heavy atom. The number of benzene rings is 1. The smallest absolute Gasteiger partial charge is 0.252 e. The maximum Gasteiger partial charge on any atom is 0.252 e. The van der Waals surface area contributed by atoms with Crippen LogP contribution in [-0.4, -0.2) is 12.5 Å². The summed E-state index contributed by atoms with van der Waals surface area (Å²) >= 11 is 13.8. The minimum atomic E-state index is -0.158. The summed E-state index contributed by atoms with van der Waals surface area (Å²) in [5.41, 5.74) is 1.85. The van der Waals surface area contributed by atoms with Crippen LogP contribution in [0, 0.1) is 0 Å². The highest BCUT2D eigenvalue weighted by atomic mass is 35.5. The summed E-state index contributed by atoms with van der Waals surface area (Å²) in [5, 5.41) is 8.31. The van der Waals surface area contributed by atoms with Gasteiger partial charge in [0.25, 0.3) is 5.91 Å². The summed E-state index contributed by atoms with van der Waals surface area (Å²) in [6.45, 7) is 0.644. The summed E-state index contributed by atoms with van der Waals surface area (Å²) in [6.07, 6.45) is 4.66. The van der Waals surface area contributed by atoms with E-state index < -0.39 is 0 Å². The molecule has 1 fully saturated rings. The zero-order valence-electron chi connectivity index (χ0n) is 12.1. The van der Waals surface area contributed by atoms with E-state index in [1.807, 2.05) is 0 Å². The molecule has 1 aromatic heterocycles. The average Bonchev–Trinajstić information content (AvgIpc) is 3.19. The van der Waals surface area contributed by atoms with Crippen molar-refractivity contribution in [2.24, 2.45) is 0 Å². The normalized spacial score (nSPS) is 16.6. The van der Waals surface area contributed by atoms with Gasteiger partial charge in [-0.2, -0.15) is 11.3 Å². The van der Waals surface area contributed by atoms with Gasteiger partial charge in [0.05, 0.1) is 10.6 Å². The lowest BCUT2D eigenvalue weighted by Crippen LogP contribution is -2.38. The van der Waals surface area contributed by atoms with E-state index in [-0.39, 0.29) is 11.3 Å². The first-order chi connectivity index (χ1) is 10.6. The van der Waals surface area contributed by atoms with Crippen LogP contribution in [0.15, 0.2) is 35.0 Å². The van der Waals surface area contributed by atoms with Crippen molar-refractivity contribution in [1.29, 1.82) is 0 Å². The molecule has 0 atom stereocenters. The molecule has 1 N–H and O–H groups in total. The lowest BCUT2D eigenvalue weighted by Gasteiger charge is -2.28. The molecule has 22 heavy (non-hydrogen) atoms. The Kier molecular flexibility index (Phi) is 4.76. The number of rotatable bonds is 4. The van der Waals surface area contributed by atoms with Crippen molar-refractivity contribution < 1.29 is 4.79 Å². The van der Waals surface area contributed by atoms with E-state index in [1.54, 1.807) is 29.5 Å². The molecular formula is C17H17Cl2NOS. The fourth-order valence-electron chi connectivity index (χ4n) is 3.20. The van der Waals surface area contributed by atoms with Gasteiger partial charge < -0.3 is 5.32 Å². The van der Waals surface area contributed by atoms with Crippen molar-refractivity contribution in [3.63, 3.8) is 0 Å². The molecule has 5 heteroatoms. The predicted molar refractivity (Wildman–Crippen MR) is 93.3 cm³/mol. The van der Waals surface area contributed by atoms with Gasteiger partial charge in [-0.25, -0.2) is 0 Å². The summed E-state index contributed by atoms with van der Waals surface area (Å²) in [7, 11) is 0. The van der Waals surface area contributed by atoms with Gasteiger partial charge in [0.15, 0.2) is 0 Å². The van der Waals surface area contributed by atoms with E-state index in [9.17, 15) is 4.79 Å². The third kappa shape index (κ3) is 3.17. The SMILES string of the molecule is O=C(NCC1(c2ccsc2)CCCC1)c1cc(Cl)ccc1Cl. The van der Waals surface area contributed by atoms with Gasteiger partial charge in [0.2, 0.25) is 0 Å². The molecule has 1 saturated carbocycles. The molecule has 2 aromatic rings. The van der Waals surface area contributed by atoms with Gasteiger partial charge >= 0.3 is 0 Å². The molecule has 1 amide bonds.